The van der Waals surface area contributed by atoms with Crippen molar-refractivity contribution in [1.29, 1.82) is 0 Å². The number of carbonyl (C=O) groups excluding carboxylic acids is 1. The lowest BCUT2D eigenvalue weighted by molar-refractivity contribution is 0.0982. The van der Waals surface area contributed by atoms with Crippen molar-refractivity contribution in [2.45, 2.75) is 32.6 Å². The van der Waals surface area contributed by atoms with Gasteiger partial charge in [-0.25, -0.2) is 0 Å². The Labute approximate surface area is 160 Å². The number of rotatable bonds is 8. The topological polar surface area (TPSA) is 29.5 Å². The van der Waals surface area contributed by atoms with Crippen molar-refractivity contribution in [2.24, 2.45) is 0 Å². The fourth-order valence-electron chi connectivity index (χ4n) is 3.10. The molecule has 2 heterocycles. The SMILES string of the molecule is Cc1csc(C(=O)CCc2ccccc2)c1OCCN1CCCC1.Cl. The number of nitrogens with zero attached hydrogens (tertiary/aromatic N) is 1. The van der Waals surface area contributed by atoms with E-state index in [0.29, 0.717) is 13.0 Å². The molecular formula is C20H26ClNO2S. The maximum absolute atomic E-state index is 12.6. The number of hydrogen-bond donors (Lipinski definition) is 0. The van der Waals surface area contributed by atoms with Crippen LogP contribution in [0.4, 0.5) is 0 Å². The molecule has 0 spiro atoms. The number of thiophene rings is 1. The van der Waals surface area contributed by atoms with E-state index in [0.717, 1.165) is 29.2 Å². The summed E-state index contributed by atoms with van der Waals surface area (Å²) in [4.78, 5) is 15.8. The molecule has 1 aromatic carbocycles. The van der Waals surface area contributed by atoms with Gasteiger partial charge in [0.1, 0.15) is 17.2 Å². The maximum Gasteiger partial charge on any atom is 0.176 e. The Hall–Kier alpha value is -1.36. The molecule has 0 atom stereocenters. The fraction of sp³-hybridized carbons (Fsp3) is 0.450. The van der Waals surface area contributed by atoms with E-state index in [-0.39, 0.29) is 18.2 Å². The molecule has 5 heteroatoms. The van der Waals surface area contributed by atoms with Crippen LogP contribution < -0.4 is 4.74 Å². The van der Waals surface area contributed by atoms with Gasteiger partial charge in [0.05, 0.1) is 0 Å². The molecule has 0 unspecified atom stereocenters. The first-order chi connectivity index (χ1) is 11.7. The summed E-state index contributed by atoms with van der Waals surface area (Å²) in [5.74, 6) is 0.991. The third-order valence-electron chi connectivity index (χ3n) is 4.51. The highest BCUT2D eigenvalue weighted by Gasteiger charge is 2.18. The monoisotopic (exact) mass is 379 g/mol. The van der Waals surface area contributed by atoms with Crippen molar-refractivity contribution < 1.29 is 9.53 Å². The van der Waals surface area contributed by atoms with Gasteiger partial charge in [-0.2, -0.15) is 0 Å². The molecule has 25 heavy (non-hydrogen) atoms. The van der Waals surface area contributed by atoms with Crippen LogP contribution in [-0.2, 0) is 6.42 Å². The van der Waals surface area contributed by atoms with Gasteiger partial charge in [-0.15, -0.1) is 23.7 Å². The zero-order chi connectivity index (χ0) is 16.8. The van der Waals surface area contributed by atoms with E-state index in [2.05, 4.69) is 17.0 Å². The first kappa shape index (κ1) is 20.0. The van der Waals surface area contributed by atoms with Crippen LogP contribution in [0.3, 0.4) is 0 Å². The summed E-state index contributed by atoms with van der Waals surface area (Å²) in [5.41, 5.74) is 2.28. The Balaban J connectivity index is 0.00000225. The van der Waals surface area contributed by atoms with E-state index in [4.69, 9.17) is 4.74 Å². The molecule has 1 aromatic heterocycles. The Morgan fingerprint density at radius 1 is 1.20 bits per heavy atom. The molecule has 0 aliphatic carbocycles. The molecule has 0 bridgehead atoms. The van der Waals surface area contributed by atoms with E-state index in [1.807, 2.05) is 30.5 Å². The largest absolute Gasteiger partial charge is 0.490 e. The third kappa shape index (κ3) is 5.56. The molecule has 3 nitrogen and oxygen atoms in total. The number of Topliss-reactive ketones (excluding diaryl/α,β-unsaturated/α-hetero) is 1. The third-order valence-corrected chi connectivity index (χ3v) is 5.63. The molecule has 1 aliphatic heterocycles. The van der Waals surface area contributed by atoms with Gasteiger partial charge in [0.2, 0.25) is 0 Å². The lowest BCUT2D eigenvalue weighted by Crippen LogP contribution is -2.25. The van der Waals surface area contributed by atoms with Crippen LogP contribution in [0.2, 0.25) is 0 Å². The summed E-state index contributed by atoms with van der Waals surface area (Å²) in [7, 11) is 0. The van der Waals surface area contributed by atoms with Gasteiger partial charge in [-0.1, -0.05) is 30.3 Å². The second-order valence-electron chi connectivity index (χ2n) is 6.38. The molecule has 1 fully saturated rings. The Morgan fingerprint density at radius 3 is 2.64 bits per heavy atom. The van der Waals surface area contributed by atoms with Crippen LogP contribution >= 0.6 is 23.7 Å². The van der Waals surface area contributed by atoms with E-state index < -0.39 is 0 Å². The number of ether oxygens (including phenoxy) is 1. The van der Waals surface area contributed by atoms with Gasteiger partial charge in [0.15, 0.2) is 5.78 Å². The number of likely N-dealkylation sites (tertiary alicyclic amines) is 1. The minimum atomic E-state index is 0. The zero-order valence-electron chi connectivity index (χ0n) is 14.7. The van der Waals surface area contributed by atoms with Gasteiger partial charge in [0.25, 0.3) is 0 Å². The van der Waals surface area contributed by atoms with Crippen LogP contribution in [-0.4, -0.2) is 36.9 Å². The summed E-state index contributed by atoms with van der Waals surface area (Å²) >= 11 is 1.51. The van der Waals surface area contributed by atoms with Crippen molar-refractivity contribution in [3.8, 4) is 5.75 Å². The summed E-state index contributed by atoms with van der Waals surface area (Å²) < 4.78 is 5.99. The molecule has 136 valence electrons. The highest BCUT2D eigenvalue weighted by Crippen LogP contribution is 2.31. The molecule has 3 rings (SSSR count). The Kier molecular flexibility index (Phi) is 7.94. The minimum absolute atomic E-state index is 0. The molecule has 0 amide bonds. The quantitative estimate of drug-likeness (QED) is 0.619. The molecule has 2 aromatic rings. The maximum atomic E-state index is 12.6. The molecule has 0 saturated carbocycles. The average molecular weight is 380 g/mol. The van der Waals surface area contributed by atoms with Crippen molar-refractivity contribution in [1.82, 2.24) is 4.90 Å². The van der Waals surface area contributed by atoms with Crippen LogP contribution in [0, 0.1) is 6.92 Å². The van der Waals surface area contributed by atoms with Crippen LogP contribution in [0.1, 0.15) is 40.1 Å². The number of hydrogen-bond acceptors (Lipinski definition) is 4. The summed E-state index contributed by atoms with van der Waals surface area (Å²) in [6, 6.07) is 10.2. The zero-order valence-corrected chi connectivity index (χ0v) is 16.3. The number of carbonyl (C=O) groups is 1. The van der Waals surface area contributed by atoms with E-state index in [9.17, 15) is 4.79 Å². The number of ketones is 1. The minimum Gasteiger partial charge on any atom is -0.490 e. The van der Waals surface area contributed by atoms with Crippen LogP contribution in [0.25, 0.3) is 0 Å². The van der Waals surface area contributed by atoms with Crippen LogP contribution in [0.5, 0.6) is 5.75 Å². The van der Waals surface area contributed by atoms with Gasteiger partial charge in [0, 0.05) is 18.5 Å². The van der Waals surface area contributed by atoms with Crippen molar-refractivity contribution in [3.63, 3.8) is 0 Å². The second-order valence-corrected chi connectivity index (χ2v) is 7.26. The predicted octanol–water partition coefficient (Wildman–Crippen LogP) is 4.77. The van der Waals surface area contributed by atoms with E-state index in [1.165, 1.54) is 42.8 Å². The average Bonchev–Trinajstić information content (AvgIpc) is 3.24. The summed E-state index contributed by atoms with van der Waals surface area (Å²) in [6.07, 6.45) is 3.90. The van der Waals surface area contributed by atoms with Gasteiger partial charge < -0.3 is 4.74 Å². The van der Waals surface area contributed by atoms with Gasteiger partial charge in [-0.05, 0) is 50.2 Å². The highest BCUT2D eigenvalue weighted by atomic mass is 35.5. The Bertz CT molecular complexity index is 666. The lowest BCUT2D eigenvalue weighted by atomic mass is 10.1. The van der Waals surface area contributed by atoms with E-state index >= 15 is 0 Å². The van der Waals surface area contributed by atoms with E-state index in [1.54, 1.807) is 0 Å². The molecule has 0 N–H and O–H groups in total. The molecule has 1 aliphatic rings. The van der Waals surface area contributed by atoms with Gasteiger partial charge >= 0.3 is 0 Å². The summed E-state index contributed by atoms with van der Waals surface area (Å²) in [5, 5.41) is 2.03. The first-order valence-electron chi connectivity index (χ1n) is 8.74. The van der Waals surface area contributed by atoms with Crippen molar-refractivity contribution in [3.05, 3.63) is 51.7 Å². The normalized spacial score (nSPS) is 14.3. The van der Waals surface area contributed by atoms with Gasteiger partial charge in [-0.3, -0.25) is 9.69 Å². The first-order valence-corrected chi connectivity index (χ1v) is 9.62. The fourth-order valence-corrected chi connectivity index (χ4v) is 4.07. The van der Waals surface area contributed by atoms with Crippen molar-refractivity contribution in [2.75, 3.05) is 26.2 Å². The Morgan fingerprint density at radius 2 is 1.92 bits per heavy atom. The second kappa shape index (κ2) is 9.95. The molecule has 0 radical (unpaired) electrons. The molecule has 1 saturated heterocycles. The summed E-state index contributed by atoms with van der Waals surface area (Å²) in [6.45, 7) is 5.99. The highest BCUT2D eigenvalue weighted by molar-refractivity contribution is 7.12. The standard InChI is InChI=1S/C20H25NO2S.ClH/c1-16-15-24-20(18(22)10-9-17-7-3-2-4-8-17)19(16)23-14-13-21-11-5-6-12-21;/h2-4,7-8,15H,5-6,9-14H2,1H3;1H. The lowest BCUT2D eigenvalue weighted by Gasteiger charge is -2.15. The number of benzene rings is 1. The smallest absolute Gasteiger partial charge is 0.176 e. The number of halogens is 1. The number of aryl methyl sites for hydroxylation is 2. The molecular weight excluding hydrogens is 354 g/mol. The predicted molar refractivity (Wildman–Crippen MR) is 107 cm³/mol. The van der Waals surface area contributed by atoms with Crippen LogP contribution in [0.15, 0.2) is 35.7 Å². The van der Waals surface area contributed by atoms with Crippen molar-refractivity contribution >= 4 is 29.5 Å².